The van der Waals surface area contributed by atoms with E-state index in [4.69, 9.17) is 9.72 Å². The summed E-state index contributed by atoms with van der Waals surface area (Å²) in [6.07, 6.45) is 4.90. The number of fused-ring (bicyclic) bond motifs is 2. The van der Waals surface area contributed by atoms with Crippen molar-refractivity contribution in [3.05, 3.63) is 53.6 Å². The molecular weight excluding hydrogens is 452 g/mol. The number of ether oxygens (including phenoxy) is 1. The van der Waals surface area contributed by atoms with Gasteiger partial charge in [-0.15, -0.1) is 0 Å². The van der Waals surface area contributed by atoms with Crippen LogP contribution >= 0.6 is 0 Å². The summed E-state index contributed by atoms with van der Waals surface area (Å²) >= 11 is 0. The van der Waals surface area contributed by atoms with Gasteiger partial charge in [-0.25, -0.2) is 4.98 Å². The fraction of sp³-hybridized carbons (Fsp3) is 0.481. The van der Waals surface area contributed by atoms with Gasteiger partial charge in [0, 0.05) is 82.6 Å². The Bertz CT molecular complexity index is 1280. The first-order valence-corrected chi connectivity index (χ1v) is 12.9. The monoisotopic (exact) mass is 484 g/mol. The summed E-state index contributed by atoms with van der Waals surface area (Å²) in [7, 11) is 0. The van der Waals surface area contributed by atoms with E-state index in [-0.39, 0.29) is 12.2 Å². The summed E-state index contributed by atoms with van der Waals surface area (Å²) in [6, 6.07) is 10.2. The molecule has 6 rings (SSSR count). The Morgan fingerprint density at radius 1 is 1.08 bits per heavy atom. The number of piperazine rings is 1. The van der Waals surface area contributed by atoms with Gasteiger partial charge in [-0.2, -0.15) is 5.26 Å². The SMILES string of the molecule is CC1CN(c2ccc(C#N)c3ncccc23)CC(CN2CCN(c3cnc4c(n3)CCNC4)CC2)O1. The van der Waals surface area contributed by atoms with Crippen LogP contribution in [0.25, 0.3) is 10.9 Å². The molecule has 0 aliphatic carbocycles. The van der Waals surface area contributed by atoms with E-state index in [0.717, 1.165) is 99.1 Å². The fourth-order valence-corrected chi connectivity index (χ4v) is 5.67. The van der Waals surface area contributed by atoms with Crippen molar-refractivity contribution in [1.82, 2.24) is 25.2 Å². The van der Waals surface area contributed by atoms with Crippen molar-refractivity contribution < 1.29 is 4.74 Å². The van der Waals surface area contributed by atoms with Crippen LogP contribution in [-0.4, -0.2) is 84.4 Å². The van der Waals surface area contributed by atoms with Crippen LogP contribution in [0.2, 0.25) is 0 Å². The lowest BCUT2D eigenvalue weighted by atomic mass is 10.1. The van der Waals surface area contributed by atoms with Crippen molar-refractivity contribution in [3.8, 4) is 6.07 Å². The van der Waals surface area contributed by atoms with Crippen molar-refractivity contribution in [2.45, 2.75) is 32.1 Å². The molecule has 0 amide bonds. The highest BCUT2D eigenvalue weighted by molar-refractivity contribution is 5.95. The van der Waals surface area contributed by atoms with Crippen molar-refractivity contribution in [1.29, 1.82) is 5.26 Å². The van der Waals surface area contributed by atoms with Gasteiger partial charge in [0.2, 0.25) is 0 Å². The normalized spacial score (nSPS) is 22.9. The van der Waals surface area contributed by atoms with Gasteiger partial charge in [-0.05, 0) is 31.2 Å². The highest BCUT2D eigenvalue weighted by Crippen LogP contribution is 2.30. The van der Waals surface area contributed by atoms with Gasteiger partial charge in [-0.1, -0.05) is 0 Å². The third kappa shape index (κ3) is 4.60. The Labute approximate surface area is 211 Å². The molecule has 5 heterocycles. The predicted octanol–water partition coefficient (Wildman–Crippen LogP) is 1.96. The Morgan fingerprint density at radius 3 is 2.83 bits per heavy atom. The molecule has 36 heavy (non-hydrogen) atoms. The topological polar surface area (TPSA) is 93.4 Å². The van der Waals surface area contributed by atoms with E-state index < -0.39 is 0 Å². The highest BCUT2D eigenvalue weighted by atomic mass is 16.5. The summed E-state index contributed by atoms with van der Waals surface area (Å²) < 4.78 is 6.38. The number of nitriles is 1. The first-order chi connectivity index (χ1) is 17.7. The van der Waals surface area contributed by atoms with Gasteiger partial charge in [0.25, 0.3) is 0 Å². The average molecular weight is 485 g/mol. The van der Waals surface area contributed by atoms with E-state index in [2.05, 4.69) is 55.1 Å². The van der Waals surface area contributed by atoms with Crippen molar-refractivity contribution in [2.24, 2.45) is 0 Å². The van der Waals surface area contributed by atoms with Gasteiger partial charge in [0.1, 0.15) is 11.9 Å². The minimum Gasteiger partial charge on any atom is -0.370 e. The van der Waals surface area contributed by atoms with Gasteiger partial charge >= 0.3 is 0 Å². The summed E-state index contributed by atoms with van der Waals surface area (Å²) in [5.41, 5.74) is 4.74. The largest absolute Gasteiger partial charge is 0.370 e. The number of pyridine rings is 1. The van der Waals surface area contributed by atoms with Crippen LogP contribution in [0.5, 0.6) is 0 Å². The number of rotatable bonds is 4. The number of anilines is 2. The molecule has 3 aromatic rings. The molecule has 1 aromatic carbocycles. The van der Waals surface area contributed by atoms with E-state index in [0.29, 0.717) is 5.56 Å². The lowest BCUT2D eigenvalue weighted by Gasteiger charge is -2.42. The highest BCUT2D eigenvalue weighted by Gasteiger charge is 2.30. The maximum atomic E-state index is 9.50. The second-order valence-electron chi connectivity index (χ2n) is 9.95. The number of nitrogens with one attached hydrogen (secondary N) is 1. The van der Waals surface area contributed by atoms with Crippen molar-refractivity contribution in [2.75, 3.05) is 62.2 Å². The van der Waals surface area contributed by atoms with E-state index in [1.807, 2.05) is 18.3 Å². The van der Waals surface area contributed by atoms with Crippen LogP contribution in [-0.2, 0) is 17.7 Å². The molecule has 0 spiro atoms. The molecule has 1 N–H and O–H groups in total. The van der Waals surface area contributed by atoms with Gasteiger partial charge < -0.3 is 19.9 Å². The summed E-state index contributed by atoms with van der Waals surface area (Å²) in [5, 5.41) is 13.9. The van der Waals surface area contributed by atoms with Crippen LogP contribution in [0.4, 0.5) is 11.5 Å². The van der Waals surface area contributed by atoms with Crippen LogP contribution in [0.1, 0.15) is 23.9 Å². The third-order valence-corrected chi connectivity index (χ3v) is 7.44. The maximum Gasteiger partial charge on any atom is 0.147 e. The molecule has 2 saturated heterocycles. The second kappa shape index (κ2) is 9.97. The molecule has 0 bridgehead atoms. The van der Waals surface area contributed by atoms with Crippen LogP contribution in [0, 0.1) is 11.3 Å². The van der Waals surface area contributed by atoms with Gasteiger partial charge in [0.15, 0.2) is 0 Å². The Hall–Kier alpha value is -3.32. The number of benzene rings is 1. The molecule has 9 nitrogen and oxygen atoms in total. The maximum absolute atomic E-state index is 9.50. The van der Waals surface area contributed by atoms with E-state index in [1.54, 1.807) is 6.20 Å². The number of hydrogen-bond acceptors (Lipinski definition) is 9. The van der Waals surface area contributed by atoms with Crippen molar-refractivity contribution in [3.63, 3.8) is 0 Å². The fourth-order valence-electron chi connectivity index (χ4n) is 5.67. The zero-order valence-electron chi connectivity index (χ0n) is 20.7. The van der Waals surface area contributed by atoms with Crippen LogP contribution in [0.3, 0.4) is 0 Å². The van der Waals surface area contributed by atoms with Gasteiger partial charge in [-0.3, -0.25) is 14.9 Å². The van der Waals surface area contributed by atoms with Gasteiger partial charge in [0.05, 0.1) is 40.9 Å². The zero-order chi connectivity index (χ0) is 24.5. The summed E-state index contributed by atoms with van der Waals surface area (Å²) in [5.74, 6) is 1.00. The number of nitrogens with zero attached hydrogens (tertiary/aromatic N) is 7. The Morgan fingerprint density at radius 2 is 1.97 bits per heavy atom. The second-order valence-corrected chi connectivity index (χ2v) is 9.95. The molecular formula is C27H32N8O. The quantitative estimate of drug-likeness (QED) is 0.596. The Kier molecular flexibility index (Phi) is 6.40. The molecule has 186 valence electrons. The predicted molar refractivity (Wildman–Crippen MR) is 139 cm³/mol. The lowest BCUT2D eigenvalue weighted by molar-refractivity contribution is -0.0327. The molecule has 2 fully saturated rings. The Balaban J connectivity index is 1.11. The number of morpholine rings is 1. The van der Waals surface area contributed by atoms with Crippen LogP contribution < -0.4 is 15.1 Å². The zero-order valence-corrected chi connectivity index (χ0v) is 20.7. The summed E-state index contributed by atoms with van der Waals surface area (Å²) in [6.45, 7) is 10.4. The molecule has 3 aliphatic rings. The van der Waals surface area contributed by atoms with E-state index in [1.165, 1.54) is 0 Å². The molecule has 0 radical (unpaired) electrons. The smallest absolute Gasteiger partial charge is 0.147 e. The van der Waals surface area contributed by atoms with E-state index >= 15 is 0 Å². The number of aromatic nitrogens is 3. The van der Waals surface area contributed by atoms with E-state index in [9.17, 15) is 5.26 Å². The molecule has 2 atom stereocenters. The standard InChI is InChI=1S/C27H32N8O/c1-19-16-35(25-5-4-20(13-28)27-22(25)3-2-7-30-27)18-21(36-19)17-33-9-11-34(12-10-33)26-15-31-24-14-29-8-6-23(24)32-26/h2-5,7,15,19,21,29H,6,8-12,14,16-18H2,1H3. The van der Waals surface area contributed by atoms with Crippen LogP contribution in [0.15, 0.2) is 36.7 Å². The van der Waals surface area contributed by atoms with Crippen molar-refractivity contribution >= 4 is 22.4 Å². The summed E-state index contributed by atoms with van der Waals surface area (Å²) in [4.78, 5) is 21.3. The molecule has 2 aromatic heterocycles. The molecule has 9 heteroatoms. The lowest BCUT2D eigenvalue weighted by Crippen LogP contribution is -2.54. The number of hydrogen-bond donors (Lipinski definition) is 1. The molecule has 0 saturated carbocycles. The molecule has 3 aliphatic heterocycles. The first-order valence-electron chi connectivity index (χ1n) is 12.9. The minimum absolute atomic E-state index is 0.124. The first kappa shape index (κ1) is 23.1. The molecule has 2 unspecified atom stereocenters. The third-order valence-electron chi connectivity index (χ3n) is 7.44. The minimum atomic E-state index is 0.124. The average Bonchev–Trinajstić information content (AvgIpc) is 2.92.